The molecule has 3 heteroatoms. The second-order valence-corrected chi connectivity index (χ2v) is 5.13. The molecule has 0 saturated heterocycles. The summed E-state index contributed by atoms with van der Waals surface area (Å²) in [5, 5.41) is 18.8. The van der Waals surface area contributed by atoms with Gasteiger partial charge in [0.15, 0.2) is 0 Å². The van der Waals surface area contributed by atoms with E-state index in [-0.39, 0.29) is 0 Å². The summed E-state index contributed by atoms with van der Waals surface area (Å²) in [6.07, 6.45) is 6.19. The third kappa shape index (κ3) is 2.91. The minimum absolute atomic E-state index is 0.510. The Kier molecular flexibility index (Phi) is 4.24. The smallest absolute Gasteiger partial charge is 0.423 e. The van der Waals surface area contributed by atoms with Crippen molar-refractivity contribution in [3.05, 3.63) is 29.8 Å². The standard InChI is InChI=1S/C14H21BO2/c1-2-11-7-9-12(10-8-11)13-5-3-4-6-14(13)15(16)17/h3-6,11-12,16-17H,2,7-10H2,1H3. The number of benzene rings is 1. The highest BCUT2D eigenvalue weighted by Gasteiger charge is 2.25. The van der Waals surface area contributed by atoms with Gasteiger partial charge in [0.2, 0.25) is 0 Å². The zero-order valence-electron chi connectivity index (χ0n) is 10.5. The lowest BCUT2D eigenvalue weighted by atomic mass is 9.69. The van der Waals surface area contributed by atoms with Crippen LogP contribution >= 0.6 is 0 Å². The Balaban J connectivity index is 2.13. The summed E-state index contributed by atoms with van der Waals surface area (Å²) in [7, 11) is -1.34. The molecule has 0 unspecified atom stereocenters. The summed E-state index contributed by atoms with van der Waals surface area (Å²) in [4.78, 5) is 0. The Labute approximate surface area is 104 Å². The van der Waals surface area contributed by atoms with Gasteiger partial charge in [-0.3, -0.25) is 0 Å². The molecule has 0 radical (unpaired) electrons. The summed E-state index contributed by atoms with van der Waals surface area (Å²) in [5.74, 6) is 1.38. The lowest BCUT2D eigenvalue weighted by Gasteiger charge is -2.29. The first-order valence-electron chi connectivity index (χ1n) is 6.67. The summed E-state index contributed by atoms with van der Waals surface area (Å²) in [5.41, 5.74) is 1.82. The van der Waals surface area contributed by atoms with E-state index < -0.39 is 7.12 Å². The molecule has 2 nitrogen and oxygen atoms in total. The molecule has 1 fully saturated rings. The van der Waals surface area contributed by atoms with Crippen LogP contribution in [0.2, 0.25) is 0 Å². The highest BCUT2D eigenvalue weighted by atomic mass is 16.4. The average Bonchev–Trinajstić information content (AvgIpc) is 2.39. The highest BCUT2D eigenvalue weighted by molar-refractivity contribution is 6.59. The molecule has 0 bridgehead atoms. The second kappa shape index (κ2) is 5.70. The molecular formula is C14H21BO2. The van der Waals surface area contributed by atoms with Crippen LogP contribution in [0.1, 0.15) is 50.5 Å². The molecule has 17 heavy (non-hydrogen) atoms. The highest BCUT2D eigenvalue weighted by Crippen LogP contribution is 2.36. The van der Waals surface area contributed by atoms with Gasteiger partial charge in [-0.05, 0) is 48.5 Å². The summed E-state index contributed by atoms with van der Waals surface area (Å²) in [6, 6.07) is 7.74. The van der Waals surface area contributed by atoms with Crippen LogP contribution in [0.5, 0.6) is 0 Å². The Morgan fingerprint density at radius 3 is 2.35 bits per heavy atom. The van der Waals surface area contributed by atoms with Crippen LogP contribution in [0, 0.1) is 5.92 Å². The van der Waals surface area contributed by atoms with E-state index >= 15 is 0 Å². The van der Waals surface area contributed by atoms with Gasteiger partial charge in [-0.2, -0.15) is 0 Å². The molecular weight excluding hydrogens is 211 g/mol. The van der Waals surface area contributed by atoms with Gasteiger partial charge < -0.3 is 10.0 Å². The molecule has 0 aliphatic heterocycles. The van der Waals surface area contributed by atoms with Crippen LogP contribution < -0.4 is 5.46 Å². The van der Waals surface area contributed by atoms with E-state index in [1.165, 1.54) is 32.1 Å². The van der Waals surface area contributed by atoms with Gasteiger partial charge >= 0.3 is 7.12 Å². The maximum Gasteiger partial charge on any atom is 0.488 e. The molecule has 1 aliphatic carbocycles. The zero-order chi connectivity index (χ0) is 12.3. The Hall–Kier alpha value is -0.795. The molecule has 0 atom stereocenters. The normalized spacial score (nSPS) is 24.6. The van der Waals surface area contributed by atoms with Crippen LogP contribution in [0.15, 0.2) is 24.3 Å². The minimum Gasteiger partial charge on any atom is -0.423 e. The average molecular weight is 232 g/mol. The molecule has 1 aliphatic rings. The van der Waals surface area contributed by atoms with Gasteiger partial charge in [0.25, 0.3) is 0 Å². The zero-order valence-corrected chi connectivity index (χ0v) is 10.5. The molecule has 0 amide bonds. The van der Waals surface area contributed by atoms with Crippen LogP contribution in [-0.2, 0) is 0 Å². The maximum atomic E-state index is 9.39. The Morgan fingerprint density at radius 1 is 1.12 bits per heavy atom. The maximum absolute atomic E-state index is 9.39. The molecule has 0 spiro atoms. The van der Waals surface area contributed by atoms with Crippen molar-refractivity contribution >= 4 is 12.6 Å². The molecule has 2 N–H and O–H groups in total. The van der Waals surface area contributed by atoms with Gasteiger partial charge in [-0.1, -0.05) is 37.6 Å². The first-order chi connectivity index (χ1) is 8.22. The number of rotatable bonds is 3. The SMILES string of the molecule is CCC1CCC(c2ccccc2B(O)O)CC1. The van der Waals surface area contributed by atoms with E-state index in [1.54, 1.807) is 0 Å². The van der Waals surface area contributed by atoms with Gasteiger partial charge in [0, 0.05) is 0 Å². The van der Waals surface area contributed by atoms with E-state index in [0.717, 1.165) is 11.5 Å². The van der Waals surface area contributed by atoms with Crippen molar-refractivity contribution in [3.8, 4) is 0 Å². The van der Waals surface area contributed by atoms with Crippen molar-refractivity contribution in [1.82, 2.24) is 0 Å². The molecule has 1 saturated carbocycles. The molecule has 1 aromatic carbocycles. The lowest BCUT2D eigenvalue weighted by molar-refractivity contribution is 0.319. The quantitative estimate of drug-likeness (QED) is 0.783. The number of hydrogen-bond acceptors (Lipinski definition) is 2. The van der Waals surface area contributed by atoms with Crippen molar-refractivity contribution in [3.63, 3.8) is 0 Å². The Bertz CT molecular complexity index is 357. The molecule has 0 aromatic heterocycles. The summed E-state index contributed by atoms with van der Waals surface area (Å²) >= 11 is 0. The van der Waals surface area contributed by atoms with E-state index in [1.807, 2.05) is 24.3 Å². The first-order valence-corrected chi connectivity index (χ1v) is 6.67. The van der Waals surface area contributed by atoms with E-state index in [0.29, 0.717) is 11.4 Å². The predicted octanol–water partition coefficient (Wildman–Crippen LogP) is 2.05. The van der Waals surface area contributed by atoms with Crippen molar-refractivity contribution < 1.29 is 10.0 Å². The fourth-order valence-electron chi connectivity index (χ4n) is 3.00. The van der Waals surface area contributed by atoms with Gasteiger partial charge in [0.05, 0.1) is 0 Å². The van der Waals surface area contributed by atoms with Crippen LogP contribution in [0.4, 0.5) is 0 Å². The fourth-order valence-corrected chi connectivity index (χ4v) is 3.00. The second-order valence-electron chi connectivity index (χ2n) is 5.13. The van der Waals surface area contributed by atoms with Crippen LogP contribution in [0.25, 0.3) is 0 Å². The number of hydrogen-bond donors (Lipinski definition) is 2. The summed E-state index contributed by atoms with van der Waals surface area (Å²) < 4.78 is 0. The largest absolute Gasteiger partial charge is 0.488 e. The van der Waals surface area contributed by atoms with Crippen molar-refractivity contribution in [2.24, 2.45) is 5.92 Å². The Morgan fingerprint density at radius 2 is 1.76 bits per heavy atom. The van der Waals surface area contributed by atoms with Crippen molar-refractivity contribution in [1.29, 1.82) is 0 Å². The summed E-state index contributed by atoms with van der Waals surface area (Å²) in [6.45, 7) is 2.26. The van der Waals surface area contributed by atoms with Crippen molar-refractivity contribution in [2.45, 2.75) is 44.9 Å². The monoisotopic (exact) mass is 232 g/mol. The fraction of sp³-hybridized carbons (Fsp3) is 0.571. The molecule has 1 aromatic rings. The lowest BCUT2D eigenvalue weighted by Crippen LogP contribution is -2.34. The topological polar surface area (TPSA) is 40.5 Å². The van der Waals surface area contributed by atoms with Gasteiger partial charge in [-0.25, -0.2) is 0 Å². The van der Waals surface area contributed by atoms with Crippen molar-refractivity contribution in [2.75, 3.05) is 0 Å². The van der Waals surface area contributed by atoms with E-state index in [9.17, 15) is 10.0 Å². The molecule has 2 rings (SSSR count). The van der Waals surface area contributed by atoms with Crippen LogP contribution in [-0.4, -0.2) is 17.2 Å². The third-order valence-electron chi connectivity index (χ3n) is 4.14. The van der Waals surface area contributed by atoms with Crippen LogP contribution in [0.3, 0.4) is 0 Å². The van der Waals surface area contributed by atoms with Gasteiger partial charge in [0.1, 0.15) is 0 Å². The molecule has 92 valence electrons. The minimum atomic E-state index is -1.34. The van der Waals surface area contributed by atoms with E-state index in [4.69, 9.17) is 0 Å². The predicted molar refractivity (Wildman–Crippen MR) is 71.3 cm³/mol. The molecule has 0 heterocycles. The van der Waals surface area contributed by atoms with Gasteiger partial charge in [-0.15, -0.1) is 0 Å². The van der Waals surface area contributed by atoms with E-state index in [2.05, 4.69) is 6.92 Å². The first kappa shape index (κ1) is 12.7. The third-order valence-corrected chi connectivity index (χ3v) is 4.14.